The highest BCUT2D eigenvalue weighted by atomic mass is 35.5. The zero-order chi connectivity index (χ0) is 21.3. The number of carboxylic acids is 1. The van der Waals surface area contributed by atoms with Crippen molar-refractivity contribution in [3.05, 3.63) is 81.9 Å². The minimum Gasteiger partial charge on any atom is -0.478 e. The van der Waals surface area contributed by atoms with Gasteiger partial charge in [-0.15, -0.1) is 0 Å². The average molecular weight is 439 g/mol. The van der Waals surface area contributed by atoms with Gasteiger partial charge in [-0.1, -0.05) is 11.6 Å². The van der Waals surface area contributed by atoms with Crippen LogP contribution in [0.2, 0.25) is 5.02 Å². The summed E-state index contributed by atoms with van der Waals surface area (Å²) >= 11 is 7.15. The minimum atomic E-state index is -1.00. The van der Waals surface area contributed by atoms with Gasteiger partial charge in [-0.25, -0.2) is 9.79 Å². The summed E-state index contributed by atoms with van der Waals surface area (Å²) < 4.78 is 5.85. The molecule has 0 aliphatic carbocycles. The summed E-state index contributed by atoms with van der Waals surface area (Å²) in [5, 5.41) is 10.1. The number of hydrogen-bond acceptors (Lipinski definition) is 5. The Labute approximate surface area is 181 Å². The smallest absolute Gasteiger partial charge is 0.335 e. The molecule has 0 unspecified atom stereocenters. The number of carboxylic acid groups (broad SMARTS) is 1. The van der Waals surface area contributed by atoms with Crippen molar-refractivity contribution in [2.45, 2.75) is 0 Å². The number of aromatic carboxylic acids is 1. The van der Waals surface area contributed by atoms with Crippen LogP contribution in [0, 0.1) is 0 Å². The fourth-order valence-electron chi connectivity index (χ4n) is 2.77. The number of likely N-dealkylation sites (N-methyl/N-ethyl adjacent to an activating group) is 1. The molecule has 1 N–H and O–H groups in total. The topological polar surface area (TPSA) is 83.1 Å². The van der Waals surface area contributed by atoms with Gasteiger partial charge in [-0.3, -0.25) is 9.69 Å². The maximum atomic E-state index is 12.6. The van der Waals surface area contributed by atoms with E-state index in [2.05, 4.69) is 4.99 Å². The van der Waals surface area contributed by atoms with Crippen LogP contribution in [0.1, 0.15) is 16.1 Å². The van der Waals surface area contributed by atoms with Gasteiger partial charge in [0.05, 0.1) is 16.2 Å². The van der Waals surface area contributed by atoms with Gasteiger partial charge in [-0.05, 0) is 72.4 Å². The van der Waals surface area contributed by atoms with Gasteiger partial charge in [0.25, 0.3) is 5.91 Å². The Morgan fingerprint density at radius 3 is 2.47 bits per heavy atom. The molecule has 0 bridgehead atoms. The van der Waals surface area contributed by atoms with Crippen molar-refractivity contribution in [2.75, 3.05) is 7.05 Å². The number of furan rings is 1. The molecule has 4 rings (SSSR count). The van der Waals surface area contributed by atoms with E-state index >= 15 is 0 Å². The van der Waals surface area contributed by atoms with Gasteiger partial charge in [-0.2, -0.15) is 0 Å². The van der Waals surface area contributed by atoms with E-state index < -0.39 is 5.97 Å². The normalized spacial score (nSPS) is 16.6. The Bertz CT molecular complexity index is 1180. The fraction of sp³-hybridized carbons (Fsp3) is 0.0455. The molecule has 1 fully saturated rings. The Morgan fingerprint density at radius 1 is 1.10 bits per heavy atom. The summed E-state index contributed by atoms with van der Waals surface area (Å²) in [6.07, 6.45) is 1.68. The van der Waals surface area contributed by atoms with Crippen LogP contribution in [0.25, 0.3) is 17.4 Å². The number of nitrogens with zero attached hydrogens (tertiary/aromatic N) is 2. The predicted molar refractivity (Wildman–Crippen MR) is 118 cm³/mol. The van der Waals surface area contributed by atoms with Crippen LogP contribution in [0.5, 0.6) is 0 Å². The molecule has 1 saturated heterocycles. The molecule has 0 saturated carbocycles. The van der Waals surface area contributed by atoms with Crippen LogP contribution in [0.15, 0.2) is 75.0 Å². The number of halogens is 1. The zero-order valence-electron chi connectivity index (χ0n) is 15.7. The van der Waals surface area contributed by atoms with E-state index in [4.69, 9.17) is 21.1 Å². The number of thioether (sulfide) groups is 1. The molecule has 1 amide bonds. The third-order valence-corrected chi connectivity index (χ3v) is 5.68. The van der Waals surface area contributed by atoms with Gasteiger partial charge in [0.15, 0.2) is 5.17 Å². The first-order valence-electron chi connectivity index (χ1n) is 8.86. The minimum absolute atomic E-state index is 0.178. The maximum Gasteiger partial charge on any atom is 0.335 e. The Morgan fingerprint density at radius 2 is 1.80 bits per heavy atom. The molecular formula is C22H15ClN2O4S. The third-order valence-electron chi connectivity index (χ3n) is 4.37. The predicted octanol–water partition coefficient (Wildman–Crippen LogP) is 5.53. The molecule has 1 aliphatic heterocycles. The number of rotatable bonds is 4. The second-order valence-electron chi connectivity index (χ2n) is 6.43. The molecule has 1 aliphatic rings. The third kappa shape index (κ3) is 4.17. The van der Waals surface area contributed by atoms with Crippen LogP contribution in [0.3, 0.4) is 0 Å². The first-order chi connectivity index (χ1) is 14.4. The lowest BCUT2D eigenvalue weighted by Gasteiger charge is -2.07. The Hall–Kier alpha value is -3.29. The summed E-state index contributed by atoms with van der Waals surface area (Å²) in [4.78, 5) is 29.9. The number of carbonyl (C=O) groups is 2. The van der Waals surface area contributed by atoms with Crippen molar-refractivity contribution in [2.24, 2.45) is 4.99 Å². The van der Waals surface area contributed by atoms with Gasteiger partial charge < -0.3 is 9.52 Å². The highest BCUT2D eigenvalue weighted by Crippen LogP contribution is 2.34. The Balaban J connectivity index is 1.55. The van der Waals surface area contributed by atoms with E-state index in [0.29, 0.717) is 32.3 Å². The quantitative estimate of drug-likeness (QED) is 0.541. The lowest BCUT2D eigenvalue weighted by molar-refractivity contribution is -0.121. The zero-order valence-corrected chi connectivity index (χ0v) is 17.3. The van der Waals surface area contributed by atoms with Crippen LogP contribution >= 0.6 is 23.4 Å². The molecule has 0 spiro atoms. The average Bonchev–Trinajstić information content (AvgIpc) is 3.30. The summed E-state index contributed by atoms with van der Waals surface area (Å²) in [5.41, 5.74) is 1.63. The van der Waals surface area contributed by atoms with E-state index in [1.165, 1.54) is 28.8 Å². The molecule has 2 aromatic carbocycles. The molecule has 30 heavy (non-hydrogen) atoms. The van der Waals surface area contributed by atoms with Crippen molar-refractivity contribution in [3.8, 4) is 11.3 Å². The first kappa shape index (κ1) is 20.0. The van der Waals surface area contributed by atoms with Crippen LogP contribution in [-0.2, 0) is 4.79 Å². The number of amidine groups is 1. The molecular weight excluding hydrogens is 424 g/mol. The number of amides is 1. The van der Waals surface area contributed by atoms with Crippen LogP contribution in [0.4, 0.5) is 5.69 Å². The van der Waals surface area contributed by atoms with Gasteiger partial charge >= 0.3 is 5.97 Å². The SMILES string of the molecule is CN1C(=O)/C(=C/c2ccc(-c3ccc(Cl)cc3)o2)SC1=Nc1ccc(C(=O)O)cc1. The number of hydrogen-bond donors (Lipinski definition) is 1. The molecule has 1 aromatic heterocycles. The lowest BCUT2D eigenvalue weighted by atomic mass is 10.2. The second-order valence-corrected chi connectivity index (χ2v) is 7.88. The number of aliphatic imine (C=N–C) groups is 1. The van der Waals surface area contributed by atoms with Crippen molar-refractivity contribution in [1.29, 1.82) is 0 Å². The van der Waals surface area contributed by atoms with Gasteiger partial charge in [0.1, 0.15) is 11.5 Å². The van der Waals surface area contributed by atoms with E-state index in [-0.39, 0.29) is 11.5 Å². The maximum absolute atomic E-state index is 12.6. The fourth-order valence-corrected chi connectivity index (χ4v) is 3.86. The first-order valence-corrected chi connectivity index (χ1v) is 10.1. The monoisotopic (exact) mass is 438 g/mol. The highest BCUT2D eigenvalue weighted by Gasteiger charge is 2.30. The second kappa shape index (κ2) is 8.22. The van der Waals surface area contributed by atoms with Crippen LogP contribution in [-0.4, -0.2) is 34.1 Å². The van der Waals surface area contributed by atoms with Crippen molar-refractivity contribution >= 4 is 52.2 Å². The summed E-state index contributed by atoms with van der Waals surface area (Å²) in [6, 6.07) is 17.1. The summed E-state index contributed by atoms with van der Waals surface area (Å²) in [7, 11) is 1.64. The lowest BCUT2D eigenvalue weighted by Crippen LogP contribution is -2.23. The van der Waals surface area contributed by atoms with E-state index in [9.17, 15) is 9.59 Å². The molecule has 3 aromatic rings. The van der Waals surface area contributed by atoms with Gasteiger partial charge in [0, 0.05) is 23.7 Å². The van der Waals surface area contributed by atoms with Crippen molar-refractivity contribution in [1.82, 2.24) is 4.90 Å². The molecule has 6 nitrogen and oxygen atoms in total. The van der Waals surface area contributed by atoms with Gasteiger partial charge in [0.2, 0.25) is 0 Å². The molecule has 150 valence electrons. The molecule has 2 heterocycles. The largest absolute Gasteiger partial charge is 0.478 e. The summed E-state index contributed by atoms with van der Waals surface area (Å²) in [6.45, 7) is 0. The standard InChI is InChI=1S/C22H15ClN2O4S/c1-25-20(26)19(30-22(25)24-16-8-4-14(5-9-16)21(27)28)12-17-10-11-18(29-17)13-2-6-15(23)7-3-13/h2-12H,1H3,(H,27,28)/b19-12-,24-22?. The Kier molecular flexibility index (Phi) is 5.48. The van der Waals surface area contributed by atoms with E-state index in [1.54, 1.807) is 43.5 Å². The highest BCUT2D eigenvalue weighted by molar-refractivity contribution is 8.18. The van der Waals surface area contributed by atoms with E-state index in [0.717, 1.165) is 5.56 Å². The number of benzene rings is 2. The van der Waals surface area contributed by atoms with E-state index in [1.807, 2.05) is 18.2 Å². The molecule has 0 atom stereocenters. The van der Waals surface area contributed by atoms with Crippen molar-refractivity contribution < 1.29 is 19.1 Å². The molecule has 0 radical (unpaired) electrons. The molecule has 8 heteroatoms. The van der Waals surface area contributed by atoms with Crippen LogP contribution < -0.4 is 0 Å². The number of carbonyl (C=O) groups excluding carboxylic acids is 1. The van der Waals surface area contributed by atoms with Crippen molar-refractivity contribution in [3.63, 3.8) is 0 Å². The summed E-state index contributed by atoms with van der Waals surface area (Å²) in [5.74, 6) is 0.0368.